The number of hydrogen-bond donors (Lipinski definition) is 3. The van der Waals surface area contributed by atoms with E-state index in [0.29, 0.717) is 17.6 Å². The largest absolute Gasteiger partial charge is 0.373 e. The van der Waals surface area contributed by atoms with E-state index in [4.69, 9.17) is 11.6 Å². The molecule has 1 aliphatic heterocycles. The van der Waals surface area contributed by atoms with E-state index in [1.807, 2.05) is 0 Å². The van der Waals surface area contributed by atoms with Crippen molar-refractivity contribution < 1.29 is 5.11 Å². The lowest BCUT2D eigenvalue weighted by molar-refractivity contribution is 0.227. The third kappa shape index (κ3) is 2.50. The molecule has 1 aromatic heterocycles. The third-order valence-electron chi connectivity index (χ3n) is 3.23. The van der Waals surface area contributed by atoms with Gasteiger partial charge in [-0.3, -0.25) is 0 Å². The number of thioether (sulfide) groups is 1. The molecule has 2 aliphatic rings. The Hall–Kier alpha value is -0.720. The van der Waals surface area contributed by atoms with Crippen LogP contribution in [0.3, 0.4) is 0 Å². The summed E-state index contributed by atoms with van der Waals surface area (Å²) in [6, 6.07) is 0.450. The molecule has 0 amide bonds. The molecule has 1 aromatic rings. The summed E-state index contributed by atoms with van der Waals surface area (Å²) in [6.07, 6.45) is 4.27. The van der Waals surface area contributed by atoms with Gasteiger partial charge in [0.15, 0.2) is 5.82 Å². The highest BCUT2D eigenvalue weighted by molar-refractivity contribution is 7.99. The van der Waals surface area contributed by atoms with Crippen LogP contribution in [-0.4, -0.2) is 33.1 Å². The number of aliphatic hydroxyl groups is 1. The molecule has 18 heavy (non-hydrogen) atoms. The lowest BCUT2D eigenvalue weighted by Gasteiger charge is -2.25. The normalized spacial score (nSPS) is 23.6. The van der Waals surface area contributed by atoms with Gasteiger partial charge in [0.05, 0.1) is 0 Å². The summed E-state index contributed by atoms with van der Waals surface area (Å²) in [6.45, 7) is 0. The molecule has 0 saturated heterocycles. The van der Waals surface area contributed by atoms with E-state index in [1.165, 1.54) is 24.6 Å². The summed E-state index contributed by atoms with van der Waals surface area (Å²) in [7, 11) is 0. The maximum Gasteiger partial charge on any atom is 0.225 e. The van der Waals surface area contributed by atoms with Crippen LogP contribution in [0.1, 0.15) is 25.7 Å². The summed E-state index contributed by atoms with van der Waals surface area (Å²) >= 11 is 7.43. The average molecular weight is 287 g/mol. The Morgan fingerprint density at radius 1 is 1.33 bits per heavy atom. The van der Waals surface area contributed by atoms with Crippen LogP contribution in [0.2, 0.25) is 5.28 Å². The molecule has 0 spiro atoms. The van der Waals surface area contributed by atoms with Gasteiger partial charge in [-0.15, -0.1) is 0 Å². The minimum atomic E-state index is -0.559. The fourth-order valence-corrected chi connectivity index (χ4v) is 3.45. The number of aliphatic hydroxyl groups excluding tert-OH is 1. The predicted molar refractivity (Wildman–Crippen MR) is 73.3 cm³/mol. The smallest absolute Gasteiger partial charge is 0.225 e. The van der Waals surface area contributed by atoms with Gasteiger partial charge in [-0.05, 0) is 24.4 Å². The van der Waals surface area contributed by atoms with Crippen molar-refractivity contribution in [3.63, 3.8) is 0 Å². The second-order valence-corrected chi connectivity index (χ2v) is 5.97. The van der Waals surface area contributed by atoms with Gasteiger partial charge in [-0.1, -0.05) is 24.6 Å². The molecule has 1 saturated carbocycles. The topological polar surface area (TPSA) is 70.1 Å². The molecule has 1 aliphatic carbocycles. The van der Waals surface area contributed by atoms with Crippen LogP contribution in [0.25, 0.3) is 0 Å². The molecular formula is C11H15ClN4OS. The van der Waals surface area contributed by atoms with Crippen LogP contribution < -0.4 is 10.6 Å². The van der Waals surface area contributed by atoms with Crippen LogP contribution in [-0.2, 0) is 0 Å². The Balaban J connectivity index is 1.89. The summed E-state index contributed by atoms with van der Waals surface area (Å²) in [5.41, 5.74) is 0.773. The number of nitrogens with one attached hydrogen (secondary N) is 2. The van der Waals surface area contributed by atoms with Crippen molar-refractivity contribution in [2.75, 3.05) is 16.4 Å². The SMILES string of the molecule is OC1CSc2nc(Cl)nc(NC3CCCC3)c2N1. The highest BCUT2D eigenvalue weighted by Crippen LogP contribution is 2.37. The van der Waals surface area contributed by atoms with E-state index < -0.39 is 6.23 Å². The van der Waals surface area contributed by atoms with Crippen molar-refractivity contribution in [1.29, 1.82) is 0 Å². The van der Waals surface area contributed by atoms with Crippen molar-refractivity contribution >= 4 is 34.9 Å². The van der Waals surface area contributed by atoms with Crippen LogP contribution in [0.5, 0.6) is 0 Å². The monoisotopic (exact) mass is 286 g/mol. The molecule has 0 radical (unpaired) electrons. The van der Waals surface area contributed by atoms with Gasteiger partial charge in [-0.2, -0.15) is 4.98 Å². The molecule has 2 heterocycles. The minimum Gasteiger partial charge on any atom is -0.373 e. The summed E-state index contributed by atoms with van der Waals surface area (Å²) in [4.78, 5) is 8.43. The van der Waals surface area contributed by atoms with Gasteiger partial charge in [-0.25, -0.2) is 4.98 Å². The zero-order valence-electron chi connectivity index (χ0n) is 9.82. The standard InChI is InChI=1S/C11H15ClN4OS/c12-11-15-9(13-6-3-1-2-4-6)8-10(16-11)18-5-7(17)14-8/h6-7,14,17H,1-5H2,(H,13,15,16). The first-order valence-electron chi connectivity index (χ1n) is 6.14. The average Bonchev–Trinajstić information content (AvgIpc) is 2.83. The van der Waals surface area contributed by atoms with Crippen molar-refractivity contribution in [2.45, 2.75) is 43.0 Å². The Kier molecular flexibility index (Phi) is 3.50. The first kappa shape index (κ1) is 12.3. The van der Waals surface area contributed by atoms with Crippen LogP contribution >= 0.6 is 23.4 Å². The van der Waals surface area contributed by atoms with Gasteiger partial charge in [0, 0.05) is 11.8 Å². The number of nitrogens with zero attached hydrogens (tertiary/aromatic N) is 2. The van der Waals surface area contributed by atoms with E-state index >= 15 is 0 Å². The lowest BCUT2D eigenvalue weighted by Crippen LogP contribution is -2.28. The second kappa shape index (κ2) is 5.11. The summed E-state index contributed by atoms with van der Waals surface area (Å²) < 4.78 is 0. The number of aromatic nitrogens is 2. The fourth-order valence-electron chi connectivity index (χ4n) is 2.38. The Morgan fingerprint density at radius 3 is 2.89 bits per heavy atom. The molecule has 1 unspecified atom stereocenters. The van der Waals surface area contributed by atoms with Crippen LogP contribution in [0.15, 0.2) is 5.03 Å². The van der Waals surface area contributed by atoms with Crippen molar-refractivity contribution in [1.82, 2.24) is 9.97 Å². The highest BCUT2D eigenvalue weighted by atomic mass is 35.5. The van der Waals surface area contributed by atoms with E-state index in [0.717, 1.165) is 23.6 Å². The minimum absolute atomic E-state index is 0.250. The van der Waals surface area contributed by atoms with E-state index in [9.17, 15) is 5.11 Å². The maximum absolute atomic E-state index is 9.66. The zero-order chi connectivity index (χ0) is 12.5. The van der Waals surface area contributed by atoms with Crippen LogP contribution in [0.4, 0.5) is 11.5 Å². The molecule has 3 rings (SSSR count). The van der Waals surface area contributed by atoms with Gasteiger partial charge < -0.3 is 15.7 Å². The van der Waals surface area contributed by atoms with Gasteiger partial charge in [0.2, 0.25) is 5.28 Å². The lowest BCUT2D eigenvalue weighted by atomic mass is 10.2. The number of rotatable bonds is 2. The Labute approximate surface area is 115 Å². The second-order valence-electron chi connectivity index (χ2n) is 4.62. The van der Waals surface area contributed by atoms with Gasteiger partial charge in [0.1, 0.15) is 16.9 Å². The van der Waals surface area contributed by atoms with E-state index in [-0.39, 0.29) is 5.28 Å². The molecule has 0 aromatic carbocycles. The summed E-state index contributed by atoms with van der Waals surface area (Å²) in [5.74, 6) is 1.28. The van der Waals surface area contributed by atoms with Gasteiger partial charge >= 0.3 is 0 Å². The fraction of sp³-hybridized carbons (Fsp3) is 0.636. The molecule has 98 valence electrons. The maximum atomic E-state index is 9.66. The predicted octanol–water partition coefficient (Wildman–Crippen LogP) is 2.32. The first-order chi connectivity index (χ1) is 8.72. The van der Waals surface area contributed by atoms with Crippen molar-refractivity contribution in [3.8, 4) is 0 Å². The number of hydrogen-bond acceptors (Lipinski definition) is 6. The van der Waals surface area contributed by atoms with Crippen LogP contribution in [0, 0.1) is 0 Å². The van der Waals surface area contributed by atoms with Crippen molar-refractivity contribution in [2.24, 2.45) is 0 Å². The molecule has 5 nitrogen and oxygen atoms in total. The Morgan fingerprint density at radius 2 is 2.11 bits per heavy atom. The number of fused-ring (bicyclic) bond motifs is 1. The van der Waals surface area contributed by atoms with Gasteiger partial charge in [0.25, 0.3) is 0 Å². The van der Waals surface area contributed by atoms with E-state index in [2.05, 4.69) is 20.6 Å². The third-order valence-corrected chi connectivity index (χ3v) is 4.45. The molecular weight excluding hydrogens is 272 g/mol. The number of anilines is 2. The highest BCUT2D eigenvalue weighted by Gasteiger charge is 2.24. The zero-order valence-corrected chi connectivity index (χ0v) is 11.4. The first-order valence-corrected chi connectivity index (χ1v) is 7.50. The summed E-state index contributed by atoms with van der Waals surface area (Å²) in [5, 5.41) is 17.1. The molecule has 1 fully saturated rings. The molecule has 7 heteroatoms. The number of halogens is 1. The van der Waals surface area contributed by atoms with Crippen molar-refractivity contribution in [3.05, 3.63) is 5.28 Å². The molecule has 1 atom stereocenters. The van der Waals surface area contributed by atoms with E-state index in [1.54, 1.807) is 0 Å². The Bertz CT molecular complexity index is 453. The molecule has 0 bridgehead atoms. The quantitative estimate of drug-likeness (QED) is 0.573. The molecule has 3 N–H and O–H groups in total.